The van der Waals surface area contributed by atoms with Crippen LogP contribution < -0.4 is 0 Å². The second kappa shape index (κ2) is 17.2. The van der Waals surface area contributed by atoms with Gasteiger partial charge in [-0.25, -0.2) is 0 Å². The van der Waals surface area contributed by atoms with E-state index >= 15 is 0 Å². The fourth-order valence-electron chi connectivity index (χ4n) is 2.23. The third kappa shape index (κ3) is 19.4. The molecule has 0 unspecified atom stereocenters. The van der Waals surface area contributed by atoms with Crippen LogP contribution in [0.4, 0.5) is 0 Å². The van der Waals surface area contributed by atoms with Crippen molar-refractivity contribution in [3.8, 4) is 0 Å². The van der Waals surface area contributed by atoms with E-state index in [1.54, 1.807) is 0 Å². The third-order valence-electron chi connectivity index (χ3n) is 3.82. The minimum absolute atomic E-state index is 0.103. The van der Waals surface area contributed by atoms with E-state index < -0.39 is 0 Å². The predicted octanol–water partition coefficient (Wildman–Crippen LogP) is 5.00. The molecule has 0 aliphatic rings. The van der Waals surface area contributed by atoms with Gasteiger partial charge >= 0.3 is 5.97 Å². The molecule has 0 aliphatic carbocycles. The Balaban J connectivity index is 3.18. The van der Waals surface area contributed by atoms with Crippen molar-refractivity contribution in [2.24, 2.45) is 11.8 Å². The molecule has 0 rings (SSSR count). The Bertz CT molecular complexity index is 277. The molecule has 0 N–H and O–H groups in total. The molecule has 0 heterocycles. The highest BCUT2D eigenvalue weighted by Gasteiger charge is 2.03. The van der Waals surface area contributed by atoms with Gasteiger partial charge in [0.1, 0.15) is 0 Å². The second-order valence-corrected chi connectivity index (χ2v) is 7.33. The summed E-state index contributed by atoms with van der Waals surface area (Å²) in [6, 6.07) is 0. The van der Waals surface area contributed by atoms with Crippen LogP contribution in [0.2, 0.25) is 0 Å². The van der Waals surface area contributed by atoms with Crippen LogP contribution in [-0.4, -0.2) is 39.0 Å². The first-order valence-electron chi connectivity index (χ1n) is 9.83. The topological polar surface area (TPSA) is 44.8 Å². The van der Waals surface area contributed by atoms with Crippen LogP contribution in [0.3, 0.4) is 0 Å². The molecule has 0 spiro atoms. The van der Waals surface area contributed by atoms with Crippen molar-refractivity contribution >= 4 is 5.97 Å². The molecule has 0 radical (unpaired) electrons. The molecule has 0 saturated carbocycles. The van der Waals surface area contributed by atoms with Crippen molar-refractivity contribution in [2.45, 2.75) is 79.1 Å². The molecule has 0 aromatic carbocycles. The number of rotatable bonds is 17. The largest absolute Gasteiger partial charge is 0.466 e. The summed E-state index contributed by atoms with van der Waals surface area (Å²) in [6.07, 6.45) is 8.20. The van der Waals surface area contributed by atoms with E-state index in [-0.39, 0.29) is 5.97 Å². The highest BCUT2D eigenvalue weighted by atomic mass is 16.5. The van der Waals surface area contributed by atoms with Crippen LogP contribution in [0.1, 0.15) is 79.1 Å². The molecule has 0 aliphatic heterocycles. The summed E-state index contributed by atoms with van der Waals surface area (Å²) in [5.41, 5.74) is 0. The number of hydrogen-bond acceptors (Lipinski definition) is 4. The molecule has 24 heavy (non-hydrogen) atoms. The molecule has 144 valence electrons. The monoisotopic (exact) mass is 344 g/mol. The summed E-state index contributed by atoms with van der Waals surface area (Å²) in [6.45, 7) is 12.1. The molecule has 4 nitrogen and oxygen atoms in total. The van der Waals surface area contributed by atoms with Gasteiger partial charge in [0.05, 0.1) is 19.8 Å². The molecular weight excluding hydrogens is 304 g/mol. The van der Waals surface area contributed by atoms with Gasteiger partial charge in [0.15, 0.2) is 0 Å². The number of unbranched alkanes of at least 4 members (excludes halogenated alkanes) is 3. The summed E-state index contributed by atoms with van der Waals surface area (Å²) in [5.74, 6) is 1.36. The van der Waals surface area contributed by atoms with E-state index in [0.29, 0.717) is 38.8 Å². The van der Waals surface area contributed by atoms with Crippen molar-refractivity contribution < 1.29 is 19.0 Å². The zero-order valence-corrected chi connectivity index (χ0v) is 16.5. The molecule has 0 aromatic heterocycles. The van der Waals surface area contributed by atoms with Crippen LogP contribution in [-0.2, 0) is 19.0 Å². The number of esters is 1. The first-order valence-corrected chi connectivity index (χ1v) is 9.83. The van der Waals surface area contributed by atoms with Gasteiger partial charge in [0.2, 0.25) is 0 Å². The zero-order valence-electron chi connectivity index (χ0n) is 16.5. The summed E-state index contributed by atoms with van der Waals surface area (Å²) in [5, 5.41) is 0. The zero-order chi connectivity index (χ0) is 18.0. The lowest BCUT2D eigenvalue weighted by molar-refractivity contribution is -0.144. The average molecular weight is 345 g/mol. The maximum absolute atomic E-state index is 11.6. The highest BCUT2D eigenvalue weighted by Crippen LogP contribution is 2.09. The van der Waals surface area contributed by atoms with Crippen molar-refractivity contribution in [1.82, 2.24) is 0 Å². The van der Waals surface area contributed by atoms with E-state index in [1.165, 1.54) is 19.3 Å². The fourth-order valence-corrected chi connectivity index (χ4v) is 2.23. The smallest absolute Gasteiger partial charge is 0.305 e. The molecule has 0 bridgehead atoms. The van der Waals surface area contributed by atoms with Gasteiger partial charge in [-0.1, -0.05) is 53.4 Å². The van der Waals surface area contributed by atoms with Gasteiger partial charge in [-0.15, -0.1) is 0 Å². The van der Waals surface area contributed by atoms with Crippen molar-refractivity contribution in [3.63, 3.8) is 0 Å². The van der Waals surface area contributed by atoms with Gasteiger partial charge in [-0.3, -0.25) is 4.79 Å². The molecule has 0 aromatic rings. The maximum Gasteiger partial charge on any atom is 0.305 e. The highest BCUT2D eigenvalue weighted by molar-refractivity contribution is 5.69. The Morgan fingerprint density at radius 2 is 1.29 bits per heavy atom. The molecule has 0 saturated heterocycles. The third-order valence-corrected chi connectivity index (χ3v) is 3.82. The van der Waals surface area contributed by atoms with Gasteiger partial charge in [0.25, 0.3) is 0 Å². The van der Waals surface area contributed by atoms with E-state index in [1.807, 2.05) is 0 Å². The van der Waals surface area contributed by atoms with Crippen LogP contribution in [0, 0.1) is 11.8 Å². The van der Waals surface area contributed by atoms with Crippen molar-refractivity contribution in [1.29, 1.82) is 0 Å². The Labute approximate surface area is 149 Å². The van der Waals surface area contributed by atoms with Gasteiger partial charge in [-0.05, 0) is 31.1 Å². The Morgan fingerprint density at radius 1 is 0.667 bits per heavy atom. The summed E-state index contributed by atoms with van der Waals surface area (Å²) < 4.78 is 16.1. The lowest BCUT2D eigenvalue weighted by atomic mass is 10.0. The molecular formula is C20H40O4. The lowest BCUT2D eigenvalue weighted by Crippen LogP contribution is -2.10. The van der Waals surface area contributed by atoms with Gasteiger partial charge in [-0.2, -0.15) is 0 Å². The minimum atomic E-state index is -0.103. The minimum Gasteiger partial charge on any atom is -0.466 e. The van der Waals surface area contributed by atoms with Crippen molar-refractivity contribution in [3.05, 3.63) is 0 Å². The SMILES string of the molecule is CC(C)CCCCCCOC(=O)CCCOCCOCCC(C)C. The second-order valence-electron chi connectivity index (χ2n) is 7.33. The summed E-state index contributed by atoms with van der Waals surface area (Å²) in [7, 11) is 0. The average Bonchev–Trinajstić information content (AvgIpc) is 2.51. The number of ether oxygens (including phenoxy) is 3. The molecule has 0 amide bonds. The predicted molar refractivity (Wildman–Crippen MR) is 99.2 cm³/mol. The number of hydrogen-bond donors (Lipinski definition) is 0. The Hall–Kier alpha value is -0.610. The van der Waals surface area contributed by atoms with E-state index in [9.17, 15) is 4.79 Å². The lowest BCUT2D eigenvalue weighted by Gasteiger charge is -2.08. The molecule has 0 atom stereocenters. The van der Waals surface area contributed by atoms with Crippen LogP contribution in [0.25, 0.3) is 0 Å². The Kier molecular flexibility index (Phi) is 16.8. The van der Waals surface area contributed by atoms with Crippen molar-refractivity contribution in [2.75, 3.05) is 33.0 Å². The Morgan fingerprint density at radius 3 is 1.96 bits per heavy atom. The summed E-state index contributed by atoms with van der Waals surface area (Å²) >= 11 is 0. The van der Waals surface area contributed by atoms with Gasteiger partial charge in [0, 0.05) is 19.6 Å². The standard InChI is InChI=1S/C20H40O4/c1-18(2)10-7-5-6-8-14-24-20(21)11-9-13-22-16-17-23-15-12-19(3)4/h18-19H,5-17H2,1-4H3. The van der Waals surface area contributed by atoms with Crippen LogP contribution >= 0.6 is 0 Å². The van der Waals surface area contributed by atoms with Crippen LogP contribution in [0.15, 0.2) is 0 Å². The fraction of sp³-hybridized carbons (Fsp3) is 0.950. The summed E-state index contributed by atoms with van der Waals surface area (Å²) in [4.78, 5) is 11.6. The quantitative estimate of drug-likeness (QED) is 0.275. The maximum atomic E-state index is 11.6. The molecule has 0 fully saturated rings. The first-order chi connectivity index (χ1) is 11.5. The normalized spacial score (nSPS) is 11.4. The number of carbonyl (C=O) groups is 1. The van der Waals surface area contributed by atoms with E-state index in [4.69, 9.17) is 14.2 Å². The van der Waals surface area contributed by atoms with E-state index in [0.717, 1.165) is 38.2 Å². The van der Waals surface area contributed by atoms with Gasteiger partial charge < -0.3 is 14.2 Å². The first kappa shape index (κ1) is 23.4. The number of carbonyl (C=O) groups excluding carboxylic acids is 1. The van der Waals surface area contributed by atoms with E-state index in [2.05, 4.69) is 27.7 Å². The van der Waals surface area contributed by atoms with Crippen LogP contribution in [0.5, 0.6) is 0 Å². The molecule has 4 heteroatoms.